The summed E-state index contributed by atoms with van der Waals surface area (Å²) in [6.07, 6.45) is 3.83. The molecular formula is C14H29N5O3. The van der Waals surface area contributed by atoms with Gasteiger partial charge in [-0.05, 0) is 51.6 Å². The molecule has 128 valence electrons. The van der Waals surface area contributed by atoms with Crippen LogP contribution >= 0.6 is 0 Å². The number of carbonyl (C=O) groups excluding carboxylic acids is 3. The number of rotatable bonds is 12. The molecule has 0 saturated heterocycles. The number of carbonyl (C=O) groups is 3. The van der Waals surface area contributed by atoms with E-state index in [0.717, 1.165) is 12.8 Å². The van der Waals surface area contributed by atoms with Crippen LogP contribution in [-0.2, 0) is 14.4 Å². The molecule has 0 aliphatic heterocycles. The zero-order valence-corrected chi connectivity index (χ0v) is 13.3. The molecule has 22 heavy (non-hydrogen) atoms. The van der Waals surface area contributed by atoms with E-state index >= 15 is 0 Å². The van der Waals surface area contributed by atoms with E-state index in [1.807, 2.05) is 0 Å². The van der Waals surface area contributed by atoms with E-state index in [9.17, 15) is 14.4 Å². The second kappa shape index (κ2) is 11.9. The Morgan fingerprint density at radius 3 is 1.77 bits per heavy atom. The number of nitrogens with two attached hydrogens (primary N) is 3. The lowest BCUT2D eigenvalue weighted by molar-refractivity contribution is -0.131. The normalized spacial score (nSPS) is 13.2. The third-order valence-electron chi connectivity index (χ3n) is 3.25. The molecule has 0 aromatic carbocycles. The Labute approximate surface area is 131 Å². The Balaban J connectivity index is 4.58. The molecule has 8 nitrogen and oxygen atoms in total. The minimum Gasteiger partial charge on any atom is -0.368 e. The lowest BCUT2D eigenvalue weighted by Gasteiger charge is -2.21. The molecule has 8 N–H and O–H groups in total. The van der Waals surface area contributed by atoms with Crippen molar-refractivity contribution in [3.8, 4) is 0 Å². The summed E-state index contributed by atoms with van der Waals surface area (Å²) in [4.78, 5) is 34.8. The maximum absolute atomic E-state index is 12.2. The molecule has 0 radical (unpaired) electrons. The smallest absolute Gasteiger partial charge is 0.243 e. The predicted molar refractivity (Wildman–Crippen MR) is 84.5 cm³/mol. The third-order valence-corrected chi connectivity index (χ3v) is 3.25. The third kappa shape index (κ3) is 9.30. The van der Waals surface area contributed by atoms with Crippen molar-refractivity contribution in [1.29, 1.82) is 0 Å². The average Bonchev–Trinajstić information content (AvgIpc) is 2.44. The molecule has 0 spiro atoms. The molecule has 0 aliphatic rings. The first kappa shape index (κ1) is 20.3. The lowest BCUT2D eigenvalue weighted by atomic mass is 10.1. The Hall–Kier alpha value is -1.67. The summed E-state index contributed by atoms with van der Waals surface area (Å²) in [6, 6.07) is -1.43. The summed E-state index contributed by atoms with van der Waals surface area (Å²) in [6.45, 7) is 2.39. The molecule has 8 heteroatoms. The number of unbranched alkanes of at least 4 members (excludes halogenated alkanes) is 2. The van der Waals surface area contributed by atoms with Gasteiger partial charge in [-0.15, -0.1) is 0 Å². The summed E-state index contributed by atoms with van der Waals surface area (Å²) >= 11 is 0. The van der Waals surface area contributed by atoms with Crippen LogP contribution in [0.5, 0.6) is 0 Å². The maximum Gasteiger partial charge on any atom is 0.243 e. The van der Waals surface area contributed by atoms with Crippen LogP contribution < -0.4 is 27.8 Å². The molecule has 0 fully saturated rings. The van der Waals surface area contributed by atoms with Gasteiger partial charge in [-0.2, -0.15) is 0 Å². The Bertz CT molecular complexity index is 362. The van der Waals surface area contributed by atoms with Crippen molar-refractivity contribution in [2.24, 2.45) is 17.2 Å². The van der Waals surface area contributed by atoms with Crippen molar-refractivity contribution in [1.82, 2.24) is 10.6 Å². The zero-order valence-electron chi connectivity index (χ0n) is 13.3. The fraction of sp³-hybridized carbons (Fsp3) is 0.786. The van der Waals surface area contributed by atoms with Crippen LogP contribution in [0.3, 0.4) is 0 Å². The second-order valence-electron chi connectivity index (χ2n) is 5.29. The molecule has 0 aromatic heterocycles. The summed E-state index contributed by atoms with van der Waals surface area (Å²) < 4.78 is 0. The van der Waals surface area contributed by atoms with Gasteiger partial charge >= 0.3 is 0 Å². The highest BCUT2D eigenvalue weighted by molar-refractivity contribution is 5.91. The van der Waals surface area contributed by atoms with Crippen LogP contribution in [0.25, 0.3) is 0 Å². The van der Waals surface area contributed by atoms with Crippen molar-refractivity contribution < 1.29 is 14.4 Å². The van der Waals surface area contributed by atoms with Gasteiger partial charge in [-0.3, -0.25) is 14.4 Å². The van der Waals surface area contributed by atoms with Gasteiger partial charge in [0.1, 0.15) is 12.1 Å². The molecule has 3 amide bonds. The second-order valence-corrected chi connectivity index (χ2v) is 5.29. The summed E-state index contributed by atoms with van der Waals surface area (Å²) in [5.74, 6) is -1.29. The summed E-state index contributed by atoms with van der Waals surface area (Å²) in [7, 11) is 0. The number of hydrogen-bond donors (Lipinski definition) is 5. The quantitative estimate of drug-likeness (QED) is 0.284. The first-order chi connectivity index (χ1) is 10.4. The largest absolute Gasteiger partial charge is 0.368 e. The highest BCUT2D eigenvalue weighted by Gasteiger charge is 2.24. The van der Waals surface area contributed by atoms with Crippen LogP contribution in [-0.4, -0.2) is 42.9 Å². The van der Waals surface area contributed by atoms with E-state index in [-0.39, 0.29) is 5.91 Å². The van der Waals surface area contributed by atoms with Crippen molar-refractivity contribution >= 4 is 17.7 Å². The Morgan fingerprint density at radius 2 is 1.36 bits per heavy atom. The molecular weight excluding hydrogens is 286 g/mol. The number of amides is 3. The molecule has 0 unspecified atom stereocenters. The maximum atomic E-state index is 12.2. The van der Waals surface area contributed by atoms with Crippen LogP contribution in [0.1, 0.15) is 45.4 Å². The van der Waals surface area contributed by atoms with Crippen molar-refractivity contribution in [3.63, 3.8) is 0 Å². The Morgan fingerprint density at radius 1 is 0.864 bits per heavy atom. The average molecular weight is 315 g/mol. The topological polar surface area (TPSA) is 153 Å². The van der Waals surface area contributed by atoms with E-state index in [4.69, 9.17) is 17.2 Å². The first-order valence-electron chi connectivity index (χ1n) is 7.69. The summed E-state index contributed by atoms with van der Waals surface area (Å²) in [5.41, 5.74) is 16.1. The zero-order chi connectivity index (χ0) is 17.0. The van der Waals surface area contributed by atoms with Gasteiger partial charge in [0.05, 0.1) is 0 Å². The van der Waals surface area contributed by atoms with Crippen LogP contribution in [0.15, 0.2) is 0 Å². The van der Waals surface area contributed by atoms with Gasteiger partial charge in [0.15, 0.2) is 0 Å². The van der Waals surface area contributed by atoms with E-state index in [2.05, 4.69) is 10.6 Å². The number of primary amides is 1. The van der Waals surface area contributed by atoms with Gasteiger partial charge in [0.2, 0.25) is 17.7 Å². The van der Waals surface area contributed by atoms with Gasteiger partial charge in [0, 0.05) is 6.92 Å². The van der Waals surface area contributed by atoms with Gasteiger partial charge in [-0.25, -0.2) is 0 Å². The van der Waals surface area contributed by atoms with Crippen LogP contribution in [0, 0.1) is 0 Å². The first-order valence-corrected chi connectivity index (χ1v) is 7.69. The minimum absolute atomic E-state index is 0.299. The van der Waals surface area contributed by atoms with E-state index < -0.39 is 23.9 Å². The van der Waals surface area contributed by atoms with Gasteiger partial charge < -0.3 is 27.8 Å². The van der Waals surface area contributed by atoms with Crippen LogP contribution in [0.2, 0.25) is 0 Å². The highest BCUT2D eigenvalue weighted by Crippen LogP contribution is 2.04. The van der Waals surface area contributed by atoms with E-state index in [1.165, 1.54) is 6.92 Å². The number of hydrogen-bond acceptors (Lipinski definition) is 5. The monoisotopic (exact) mass is 315 g/mol. The molecule has 0 aromatic rings. The van der Waals surface area contributed by atoms with Crippen molar-refractivity contribution in [2.75, 3.05) is 13.1 Å². The standard InChI is InChI=1S/C14H29N5O3/c1-10(20)18-12(7-3-5-9-16)14(22)19-11(13(17)21)6-2-4-8-15/h11-12H,2-9,15-16H2,1H3,(H2,17,21)(H,18,20)(H,19,22)/t11-,12+/m0/s1. The van der Waals surface area contributed by atoms with Crippen molar-refractivity contribution in [3.05, 3.63) is 0 Å². The predicted octanol–water partition coefficient (Wildman–Crippen LogP) is -1.28. The minimum atomic E-state index is -0.746. The lowest BCUT2D eigenvalue weighted by Crippen LogP contribution is -2.52. The Kier molecular flexibility index (Phi) is 11.0. The summed E-state index contributed by atoms with van der Waals surface area (Å²) in [5, 5.41) is 5.19. The number of nitrogens with one attached hydrogen (secondary N) is 2. The molecule has 0 rings (SSSR count). The fourth-order valence-electron chi connectivity index (χ4n) is 2.06. The van der Waals surface area contributed by atoms with E-state index in [1.54, 1.807) is 0 Å². The molecule has 0 saturated carbocycles. The fourth-order valence-corrected chi connectivity index (χ4v) is 2.06. The SMILES string of the molecule is CC(=O)N[C@H](CCCCN)C(=O)N[C@@H](CCCCN)C(N)=O. The highest BCUT2D eigenvalue weighted by atomic mass is 16.2. The molecule has 0 heterocycles. The van der Waals surface area contributed by atoms with Gasteiger partial charge in [-0.1, -0.05) is 0 Å². The van der Waals surface area contributed by atoms with Crippen molar-refractivity contribution in [2.45, 2.75) is 57.5 Å². The molecule has 2 atom stereocenters. The molecule has 0 bridgehead atoms. The molecule has 0 aliphatic carbocycles. The van der Waals surface area contributed by atoms with E-state index in [0.29, 0.717) is 38.8 Å². The van der Waals surface area contributed by atoms with Gasteiger partial charge in [0.25, 0.3) is 0 Å². The van der Waals surface area contributed by atoms with Crippen LogP contribution in [0.4, 0.5) is 0 Å².